The molecule has 0 spiro atoms. The van der Waals surface area contributed by atoms with Crippen LogP contribution in [-0.4, -0.2) is 67.4 Å². The first kappa shape index (κ1) is 36.3. The molecule has 45 heavy (non-hydrogen) atoms. The van der Waals surface area contributed by atoms with Crippen LogP contribution in [0.25, 0.3) is 22.3 Å². The molecule has 0 radical (unpaired) electrons. The lowest BCUT2D eigenvalue weighted by molar-refractivity contribution is 0.373. The Bertz CT molecular complexity index is 1820. The van der Waals surface area contributed by atoms with E-state index in [1.165, 1.54) is 23.5 Å². The van der Waals surface area contributed by atoms with Crippen LogP contribution in [-0.2, 0) is 16.6 Å². The van der Waals surface area contributed by atoms with Gasteiger partial charge in [-0.1, -0.05) is 0 Å². The monoisotopic (exact) mass is 671 g/mol. The largest absolute Gasteiger partial charge is 0.368 e. The van der Waals surface area contributed by atoms with Crippen molar-refractivity contribution in [2.24, 2.45) is 0 Å². The lowest BCUT2D eigenvalue weighted by Crippen LogP contribution is -2.35. The van der Waals surface area contributed by atoms with Crippen molar-refractivity contribution in [1.29, 1.82) is 0 Å². The standard InChI is InChI=1S/C10H15N5S.C10H14N4S.C10H16N2OS/c1-10(2,3)15-5-12-6-7(15)13-9(11)14-8(6)16-4;1-10(2,3)14-6-13-7-8(14)11-5-12-9(7)15-4;1-7-6-12(10(2,3)4)9(13)11-8(7)14-5/h5H,1-4H3,(H2,11,13,14);5-6H,1-4H3;6H,1-5H3. The first-order chi connectivity index (χ1) is 20.8. The van der Waals surface area contributed by atoms with Crippen molar-refractivity contribution in [2.45, 2.75) is 101 Å². The van der Waals surface area contributed by atoms with Crippen molar-refractivity contribution in [3.05, 3.63) is 41.2 Å². The number of aryl methyl sites for hydroxylation is 1. The molecule has 5 rings (SSSR count). The average molecular weight is 672 g/mol. The first-order valence-electron chi connectivity index (χ1n) is 14.3. The molecule has 0 atom stereocenters. The number of anilines is 1. The van der Waals surface area contributed by atoms with Crippen molar-refractivity contribution in [2.75, 3.05) is 24.5 Å². The zero-order valence-corrected chi connectivity index (χ0v) is 30.9. The van der Waals surface area contributed by atoms with E-state index in [0.717, 1.165) is 43.0 Å². The molecular weight excluding hydrogens is 627 g/mol. The average Bonchev–Trinajstić information content (AvgIpc) is 3.58. The van der Waals surface area contributed by atoms with Gasteiger partial charge in [0.2, 0.25) is 5.95 Å². The van der Waals surface area contributed by atoms with Gasteiger partial charge in [0.15, 0.2) is 11.3 Å². The molecule has 0 unspecified atom stereocenters. The lowest BCUT2D eigenvalue weighted by atomic mass is 10.1. The van der Waals surface area contributed by atoms with Gasteiger partial charge < -0.3 is 14.9 Å². The van der Waals surface area contributed by atoms with Gasteiger partial charge in [-0.3, -0.25) is 4.57 Å². The number of rotatable bonds is 3. The van der Waals surface area contributed by atoms with Gasteiger partial charge >= 0.3 is 5.69 Å². The van der Waals surface area contributed by atoms with Gasteiger partial charge in [-0.15, -0.1) is 35.3 Å². The van der Waals surface area contributed by atoms with Crippen molar-refractivity contribution in [3.8, 4) is 0 Å². The number of imidazole rings is 2. The highest BCUT2D eigenvalue weighted by molar-refractivity contribution is 7.99. The first-order valence-corrected chi connectivity index (χ1v) is 17.9. The Kier molecular flexibility index (Phi) is 11.4. The molecule has 0 fully saturated rings. The van der Waals surface area contributed by atoms with E-state index in [-0.39, 0.29) is 22.3 Å². The van der Waals surface area contributed by atoms with Crippen LogP contribution in [0.4, 0.5) is 5.95 Å². The number of hydrogen-bond donors (Lipinski definition) is 1. The number of thioether (sulfide) groups is 3. The maximum atomic E-state index is 11.6. The molecule has 5 aromatic rings. The summed E-state index contributed by atoms with van der Waals surface area (Å²) in [6.07, 6.45) is 13.0. The van der Waals surface area contributed by atoms with Crippen LogP contribution < -0.4 is 11.4 Å². The van der Waals surface area contributed by atoms with Gasteiger partial charge in [-0.2, -0.15) is 9.97 Å². The number of fused-ring (bicyclic) bond motifs is 2. The minimum atomic E-state index is -0.203. The van der Waals surface area contributed by atoms with Crippen LogP contribution in [0.1, 0.15) is 67.9 Å². The van der Waals surface area contributed by atoms with Crippen molar-refractivity contribution < 1.29 is 0 Å². The topological polar surface area (TPSA) is 148 Å². The summed E-state index contributed by atoms with van der Waals surface area (Å²) in [6.45, 7) is 20.7. The summed E-state index contributed by atoms with van der Waals surface area (Å²) < 4.78 is 5.76. The summed E-state index contributed by atoms with van der Waals surface area (Å²) in [5.41, 5.74) is 9.71. The zero-order valence-electron chi connectivity index (χ0n) is 28.5. The highest BCUT2D eigenvalue weighted by Crippen LogP contribution is 2.27. The third-order valence-electron chi connectivity index (χ3n) is 6.49. The van der Waals surface area contributed by atoms with E-state index in [4.69, 9.17) is 5.73 Å². The molecule has 5 heterocycles. The predicted molar refractivity (Wildman–Crippen MR) is 189 cm³/mol. The minimum absolute atomic E-state index is 0.00121. The Morgan fingerprint density at radius 2 is 1.11 bits per heavy atom. The molecule has 2 N–H and O–H groups in total. The molecule has 15 heteroatoms. The molecular formula is C30H45N11OS3. The van der Waals surface area contributed by atoms with Crippen LogP contribution in [0.2, 0.25) is 0 Å². The van der Waals surface area contributed by atoms with E-state index in [1.54, 1.807) is 29.0 Å². The minimum Gasteiger partial charge on any atom is -0.368 e. The van der Waals surface area contributed by atoms with Gasteiger partial charge in [0.1, 0.15) is 32.4 Å². The van der Waals surface area contributed by atoms with Gasteiger partial charge in [0.05, 0.1) is 12.7 Å². The Balaban J connectivity index is 0.000000185. The molecule has 5 aromatic heterocycles. The Morgan fingerprint density at radius 1 is 0.622 bits per heavy atom. The predicted octanol–water partition coefficient (Wildman–Crippen LogP) is 6.22. The fourth-order valence-electron chi connectivity index (χ4n) is 4.20. The second-order valence-electron chi connectivity index (χ2n) is 13.1. The summed E-state index contributed by atoms with van der Waals surface area (Å²) >= 11 is 4.63. The van der Waals surface area contributed by atoms with Crippen LogP contribution >= 0.6 is 35.3 Å². The van der Waals surface area contributed by atoms with Crippen molar-refractivity contribution in [1.82, 2.24) is 48.6 Å². The fraction of sp³-hybridized carbons (Fsp3) is 0.533. The van der Waals surface area contributed by atoms with E-state index >= 15 is 0 Å². The number of nitrogen functional groups attached to an aromatic ring is 1. The van der Waals surface area contributed by atoms with Crippen molar-refractivity contribution in [3.63, 3.8) is 0 Å². The van der Waals surface area contributed by atoms with Gasteiger partial charge in [-0.05, 0) is 93.6 Å². The fourth-order valence-corrected chi connectivity index (χ4v) is 5.75. The van der Waals surface area contributed by atoms with Crippen molar-refractivity contribution >= 4 is 63.6 Å². The molecule has 0 aliphatic rings. The molecule has 0 saturated heterocycles. The van der Waals surface area contributed by atoms with Crippen LogP contribution in [0.5, 0.6) is 0 Å². The van der Waals surface area contributed by atoms with E-state index < -0.39 is 0 Å². The summed E-state index contributed by atoms with van der Waals surface area (Å²) in [7, 11) is 0. The Hall–Kier alpha value is -3.17. The normalized spacial score (nSPS) is 12.1. The highest BCUT2D eigenvalue weighted by Gasteiger charge is 2.20. The van der Waals surface area contributed by atoms with Gasteiger partial charge in [0, 0.05) is 22.8 Å². The summed E-state index contributed by atoms with van der Waals surface area (Å²) in [4.78, 5) is 41.3. The van der Waals surface area contributed by atoms with E-state index in [2.05, 4.69) is 81.0 Å². The van der Waals surface area contributed by atoms with Crippen LogP contribution in [0.3, 0.4) is 0 Å². The SMILES string of the molecule is CSc1nc(=O)n(C(C)(C)C)cc1C.CSc1nc(N)nc2c1ncn2C(C)(C)C.CSc1ncnc2c1ncn2C(C)(C)C. The second kappa shape index (κ2) is 14.1. The smallest absolute Gasteiger partial charge is 0.349 e. The molecule has 244 valence electrons. The Morgan fingerprint density at radius 3 is 1.60 bits per heavy atom. The number of nitrogens with zero attached hydrogens (tertiary/aromatic N) is 10. The Labute approximate surface area is 277 Å². The van der Waals surface area contributed by atoms with Crippen LogP contribution in [0.15, 0.2) is 45.1 Å². The third kappa shape index (κ3) is 8.55. The summed E-state index contributed by atoms with van der Waals surface area (Å²) in [6, 6.07) is 0. The van der Waals surface area contributed by atoms with E-state index in [9.17, 15) is 4.79 Å². The maximum Gasteiger partial charge on any atom is 0.349 e. The van der Waals surface area contributed by atoms with Crippen LogP contribution in [0, 0.1) is 6.92 Å². The van der Waals surface area contributed by atoms with Gasteiger partial charge in [0.25, 0.3) is 0 Å². The van der Waals surface area contributed by atoms with E-state index in [0.29, 0.717) is 5.95 Å². The highest BCUT2D eigenvalue weighted by atomic mass is 32.2. The molecule has 0 aliphatic carbocycles. The molecule has 0 aliphatic heterocycles. The zero-order chi connectivity index (χ0) is 33.9. The third-order valence-corrected chi connectivity index (χ3v) is 8.65. The van der Waals surface area contributed by atoms with Gasteiger partial charge in [-0.25, -0.2) is 29.7 Å². The summed E-state index contributed by atoms with van der Waals surface area (Å²) in [5, 5.41) is 2.57. The number of aromatic nitrogens is 10. The number of nitrogens with two attached hydrogens (primary N) is 1. The summed E-state index contributed by atoms with van der Waals surface area (Å²) in [5.74, 6) is 0.294. The maximum absolute atomic E-state index is 11.6. The molecule has 0 amide bonds. The lowest BCUT2D eigenvalue weighted by Gasteiger charge is -2.22. The quantitative estimate of drug-likeness (QED) is 0.172. The molecule has 0 saturated carbocycles. The molecule has 0 aromatic carbocycles. The second-order valence-corrected chi connectivity index (χ2v) is 15.5. The van der Waals surface area contributed by atoms with E-state index in [1.807, 2.05) is 63.6 Å². The number of hydrogen-bond acceptors (Lipinski definition) is 12. The molecule has 12 nitrogen and oxygen atoms in total. The molecule has 0 bridgehead atoms.